The Bertz CT molecular complexity index is 1040. The third kappa shape index (κ3) is 6.37. The second-order valence-electron chi connectivity index (χ2n) is 7.02. The van der Waals surface area contributed by atoms with Crippen molar-refractivity contribution in [2.24, 2.45) is 0 Å². The normalized spacial score (nSPS) is 11.2. The number of aryl methyl sites for hydroxylation is 1. The molecule has 0 atom stereocenters. The molecule has 0 fully saturated rings. The van der Waals surface area contributed by atoms with Gasteiger partial charge in [-0.3, -0.25) is 0 Å². The van der Waals surface area contributed by atoms with Gasteiger partial charge in [-0.25, -0.2) is 14.6 Å². The summed E-state index contributed by atoms with van der Waals surface area (Å²) >= 11 is 1.53. The minimum Gasteiger partial charge on any atom is -0.478 e. The molecular formula is C23H26N2O5S. The number of nitrogens with zero attached hydrogens (tertiary/aromatic N) is 2. The standard InChI is InChI=1S/C23H24N2O4S.H2O/c1-2-3-6-21-24-14-19(12-18(23(28)29)13-20-5-4-11-30-20)25(21)15-16-7-9-17(10-8-16)22(26)27;/h4-5,7-12,14H,2-3,6,13,15H2,1H3,(H,26,27)(H,28,29);1H2/b18-12+;. The van der Waals surface area contributed by atoms with Crippen LogP contribution in [0.3, 0.4) is 0 Å². The van der Waals surface area contributed by atoms with Crippen LogP contribution < -0.4 is 0 Å². The summed E-state index contributed by atoms with van der Waals surface area (Å²) in [5, 5.41) is 20.7. The van der Waals surface area contributed by atoms with E-state index in [1.807, 2.05) is 22.1 Å². The molecule has 2 aromatic heterocycles. The molecule has 3 rings (SSSR count). The Hall–Kier alpha value is -3.23. The Morgan fingerprint density at radius 3 is 2.48 bits per heavy atom. The van der Waals surface area contributed by atoms with Gasteiger partial charge in [0.25, 0.3) is 0 Å². The molecular weight excluding hydrogens is 416 g/mol. The van der Waals surface area contributed by atoms with Crippen molar-refractivity contribution in [2.75, 3.05) is 0 Å². The van der Waals surface area contributed by atoms with Gasteiger partial charge in [0.2, 0.25) is 0 Å². The molecule has 2 heterocycles. The summed E-state index contributed by atoms with van der Waals surface area (Å²) in [6, 6.07) is 10.6. The molecule has 3 aromatic rings. The lowest BCUT2D eigenvalue weighted by Gasteiger charge is -2.12. The van der Waals surface area contributed by atoms with Crippen LogP contribution in [0.15, 0.2) is 53.5 Å². The Balaban J connectivity index is 0.00000341. The molecule has 7 nitrogen and oxygen atoms in total. The summed E-state index contributed by atoms with van der Waals surface area (Å²) in [5.74, 6) is -1.01. The molecule has 0 aliphatic heterocycles. The van der Waals surface area contributed by atoms with E-state index in [2.05, 4.69) is 11.9 Å². The number of hydrogen-bond donors (Lipinski definition) is 2. The number of unbranched alkanes of at least 4 members (excludes halogenated alkanes) is 1. The second-order valence-corrected chi connectivity index (χ2v) is 8.05. The first-order valence-electron chi connectivity index (χ1n) is 9.80. The number of carboxylic acids is 2. The van der Waals surface area contributed by atoms with E-state index < -0.39 is 11.9 Å². The van der Waals surface area contributed by atoms with Gasteiger partial charge in [-0.05, 0) is 41.6 Å². The maximum Gasteiger partial charge on any atom is 0.335 e. The van der Waals surface area contributed by atoms with E-state index in [1.165, 1.54) is 11.3 Å². The van der Waals surface area contributed by atoms with Gasteiger partial charge in [0, 0.05) is 29.8 Å². The van der Waals surface area contributed by atoms with Gasteiger partial charge in [0.1, 0.15) is 5.82 Å². The van der Waals surface area contributed by atoms with Gasteiger partial charge in [0.05, 0.1) is 17.5 Å². The van der Waals surface area contributed by atoms with Gasteiger partial charge in [0.15, 0.2) is 0 Å². The maximum absolute atomic E-state index is 11.8. The fourth-order valence-corrected chi connectivity index (χ4v) is 3.89. The van der Waals surface area contributed by atoms with Crippen molar-refractivity contribution in [3.8, 4) is 0 Å². The Kier molecular flexibility index (Phi) is 8.72. The largest absolute Gasteiger partial charge is 0.478 e. The number of aromatic carboxylic acids is 1. The average Bonchev–Trinajstić information content (AvgIpc) is 3.37. The quantitative estimate of drug-likeness (QED) is 0.461. The van der Waals surface area contributed by atoms with Crippen LogP contribution in [-0.4, -0.2) is 37.2 Å². The highest BCUT2D eigenvalue weighted by atomic mass is 32.1. The molecule has 31 heavy (non-hydrogen) atoms. The first kappa shape index (κ1) is 24.0. The molecule has 1 aromatic carbocycles. The van der Waals surface area contributed by atoms with Crippen molar-refractivity contribution in [1.29, 1.82) is 0 Å². The molecule has 0 radical (unpaired) electrons. The van der Waals surface area contributed by atoms with Gasteiger partial charge in [-0.1, -0.05) is 31.5 Å². The number of benzene rings is 1. The molecule has 0 aliphatic carbocycles. The predicted octanol–water partition coefficient (Wildman–Crippen LogP) is 3.92. The highest BCUT2D eigenvalue weighted by molar-refractivity contribution is 7.09. The molecule has 8 heteroatoms. The number of aliphatic carboxylic acids is 1. The molecule has 0 aliphatic rings. The van der Waals surface area contributed by atoms with E-state index >= 15 is 0 Å². The van der Waals surface area contributed by atoms with E-state index in [4.69, 9.17) is 5.11 Å². The fraction of sp³-hybridized carbons (Fsp3) is 0.261. The van der Waals surface area contributed by atoms with Crippen LogP contribution in [0.5, 0.6) is 0 Å². The summed E-state index contributed by atoms with van der Waals surface area (Å²) in [4.78, 5) is 28.5. The summed E-state index contributed by atoms with van der Waals surface area (Å²) in [6.07, 6.45) is 6.58. The van der Waals surface area contributed by atoms with E-state index in [0.717, 1.165) is 41.2 Å². The van der Waals surface area contributed by atoms with Crippen molar-refractivity contribution >= 4 is 29.4 Å². The molecule has 0 saturated heterocycles. The number of rotatable bonds is 10. The Morgan fingerprint density at radius 1 is 1.16 bits per heavy atom. The number of thiophene rings is 1. The van der Waals surface area contributed by atoms with E-state index in [9.17, 15) is 14.7 Å². The van der Waals surface area contributed by atoms with Gasteiger partial charge < -0.3 is 20.3 Å². The zero-order valence-corrected chi connectivity index (χ0v) is 18.1. The molecule has 0 saturated carbocycles. The molecule has 4 N–H and O–H groups in total. The van der Waals surface area contributed by atoms with E-state index in [1.54, 1.807) is 36.5 Å². The predicted molar refractivity (Wildman–Crippen MR) is 121 cm³/mol. The third-order valence-corrected chi connectivity index (χ3v) is 5.68. The monoisotopic (exact) mass is 442 g/mol. The van der Waals surface area contributed by atoms with Gasteiger partial charge in [-0.2, -0.15) is 0 Å². The first-order valence-corrected chi connectivity index (χ1v) is 10.7. The topological polar surface area (TPSA) is 124 Å². The molecule has 0 spiro atoms. The maximum atomic E-state index is 11.8. The van der Waals surface area contributed by atoms with Gasteiger partial charge in [-0.15, -0.1) is 11.3 Å². The number of carboxylic acid groups (broad SMARTS) is 2. The van der Waals surface area contributed by atoms with Gasteiger partial charge >= 0.3 is 11.9 Å². The zero-order valence-electron chi connectivity index (χ0n) is 17.2. The molecule has 0 amide bonds. The molecule has 164 valence electrons. The van der Waals surface area contributed by atoms with Crippen molar-refractivity contribution in [1.82, 2.24) is 9.55 Å². The first-order chi connectivity index (χ1) is 14.5. The Labute approximate surface area is 184 Å². The average molecular weight is 443 g/mol. The van der Waals surface area contributed by atoms with Crippen LogP contribution in [0.4, 0.5) is 0 Å². The minimum atomic E-state index is -0.962. The highest BCUT2D eigenvalue weighted by Crippen LogP contribution is 2.20. The lowest BCUT2D eigenvalue weighted by molar-refractivity contribution is -0.132. The minimum absolute atomic E-state index is 0. The SMILES string of the molecule is CCCCc1ncc(/C=C(\Cc2cccs2)C(=O)O)n1Cc1ccc(C(=O)O)cc1.O. The van der Waals surface area contributed by atoms with Crippen LogP contribution >= 0.6 is 11.3 Å². The van der Waals surface area contributed by atoms with Crippen molar-refractivity contribution < 1.29 is 25.3 Å². The van der Waals surface area contributed by atoms with Crippen molar-refractivity contribution in [2.45, 2.75) is 39.2 Å². The van der Waals surface area contributed by atoms with Crippen LogP contribution in [0.1, 0.15) is 52.1 Å². The lowest BCUT2D eigenvalue weighted by Crippen LogP contribution is -2.09. The van der Waals surface area contributed by atoms with Crippen LogP contribution in [0.25, 0.3) is 6.08 Å². The number of carbonyl (C=O) groups is 2. The summed E-state index contributed by atoms with van der Waals surface area (Å²) in [7, 11) is 0. The molecule has 0 unspecified atom stereocenters. The fourth-order valence-electron chi connectivity index (χ4n) is 3.16. The van der Waals surface area contributed by atoms with E-state index in [0.29, 0.717) is 18.5 Å². The number of imidazole rings is 1. The molecule has 0 bridgehead atoms. The van der Waals surface area contributed by atoms with Crippen LogP contribution in [-0.2, 0) is 24.2 Å². The Morgan fingerprint density at radius 2 is 1.90 bits per heavy atom. The second kappa shape index (κ2) is 11.2. The third-order valence-electron chi connectivity index (χ3n) is 4.81. The summed E-state index contributed by atoms with van der Waals surface area (Å²) < 4.78 is 2.02. The number of hydrogen-bond acceptors (Lipinski definition) is 4. The lowest BCUT2D eigenvalue weighted by atomic mass is 10.1. The zero-order chi connectivity index (χ0) is 21.5. The number of aromatic nitrogens is 2. The smallest absolute Gasteiger partial charge is 0.335 e. The van der Waals surface area contributed by atoms with E-state index in [-0.39, 0.29) is 11.0 Å². The summed E-state index contributed by atoms with van der Waals surface area (Å²) in [5.41, 5.74) is 2.21. The highest BCUT2D eigenvalue weighted by Gasteiger charge is 2.14. The van der Waals surface area contributed by atoms with Crippen LogP contribution in [0.2, 0.25) is 0 Å². The summed E-state index contributed by atoms with van der Waals surface area (Å²) in [6.45, 7) is 2.61. The van der Waals surface area contributed by atoms with Crippen LogP contribution in [0, 0.1) is 0 Å². The van der Waals surface area contributed by atoms with Crippen molar-refractivity contribution in [3.05, 3.63) is 81.1 Å². The van der Waals surface area contributed by atoms with Crippen molar-refractivity contribution in [3.63, 3.8) is 0 Å².